The highest BCUT2D eigenvalue weighted by atomic mass is 28.3. The van der Waals surface area contributed by atoms with Crippen LogP contribution in [0.25, 0.3) is 0 Å². The van der Waals surface area contributed by atoms with E-state index in [-0.39, 0.29) is 18.3 Å². The first-order valence-corrected chi connectivity index (χ1v) is 13.0. The predicted octanol–water partition coefficient (Wildman–Crippen LogP) is 5.87. The average Bonchev–Trinajstić information content (AvgIpc) is 2.65. The van der Waals surface area contributed by atoms with Crippen LogP contribution in [-0.4, -0.2) is 26.4 Å². The first-order chi connectivity index (χ1) is 11.0. The Kier molecular flexibility index (Phi) is 6.04. The van der Waals surface area contributed by atoms with Crippen LogP contribution < -0.4 is 0 Å². The molecule has 1 aliphatic heterocycles. The highest BCUT2D eigenvalue weighted by molar-refractivity contribution is 6.81. The maximum Gasteiger partial charge on any atom is 0.486 e. The Labute approximate surface area is 150 Å². The quantitative estimate of drug-likeness (QED) is 0.580. The third-order valence-electron chi connectivity index (χ3n) is 5.21. The van der Waals surface area contributed by atoms with Gasteiger partial charge in [-0.3, -0.25) is 0 Å². The third-order valence-corrected chi connectivity index (χ3v) is 6.43. The summed E-state index contributed by atoms with van der Waals surface area (Å²) in [4.78, 5) is 0. The molecule has 0 saturated carbocycles. The van der Waals surface area contributed by atoms with E-state index in [2.05, 4.69) is 71.2 Å². The molecule has 0 unspecified atom stereocenters. The van der Waals surface area contributed by atoms with Crippen LogP contribution in [0.2, 0.25) is 19.6 Å². The lowest BCUT2D eigenvalue weighted by Crippen LogP contribution is -2.41. The molecule has 2 aliphatic rings. The van der Waals surface area contributed by atoms with E-state index < -0.39 is 8.07 Å². The summed E-state index contributed by atoms with van der Waals surface area (Å²) < 4.78 is 12.1. The van der Waals surface area contributed by atoms with E-state index in [4.69, 9.17) is 9.31 Å². The monoisotopic (exact) mass is 346 g/mol. The Balaban J connectivity index is 2.06. The van der Waals surface area contributed by atoms with Crippen molar-refractivity contribution in [1.29, 1.82) is 0 Å². The van der Waals surface area contributed by atoms with E-state index in [9.17, 15) is 0 Å². The van der Waals surface area contributed by atoms with Crippen LogP contribution in [0.1, 0.15) is 59.8 Å². The zero-order valence-electron chi connectivity index (χ0n) is 16.7. The van der Waals surface area contributed by atoms with Crippen molar-refractivity contribution in [3.8, 4) is 0 Å². The van der Waals surface area contributed by atoms with Crippen molar-refractivity contribution in [1.82, 2.24) is 0 Å². The fraction of sp³-hybridized carbons (Fsp3) is 0.700. The number of rotatable bonds is 5. The van der Waals surface area contributed by atoms with Gasteiger partial charge in [0.25, 0.3) is 0 Å². The number of allylic oxidation sites excluding steroid dienone is 4. The molecular formula is C20H35BO2Si. The predicted molar refractivity (Wildman–Crippen MR) is 108 cm³/mol. The molecule has 2 nitrogen and oxygen atoms in total. The van der Waals surface area contributed by atoms with Crippen molar-refractivity contribution in [2.75, 3.05) is 0 Å². The molecule has 0 N–H and O–H groups in total. The molecule has 0 amide bonds. The van der Waals surface area contributed by atoms with Gasteiger partial charge in [0.05, 0.1) is 19.3 Å². The molecule has 0 radical (unpaired) electrons. The first kappa shape index (κ1) is 19.7. The van der Waals surface area contributed by atoms with Crippen molar-refractivity contribution < 1.29 is 9.31 Å². The summed E-state index contributed by atoms with van der Waals surface area (Å²) in [7, 11) is -1.46. The molecule has 1 saturated heterocycles. The molecule has 24 heavy (non-hydrogen) atoms. The van der Waals surface area contributed by atoms with E-state index in [1.165, 1.54) is 31.3 Å². The second kappa shape index (κ2) is 7.35. The Hall–Kier alpha value is -0.578. The van der Waals surface area contributed by atoms with Gasteiger partial charge in [-0.05, 0) is 70.9 Å². The standard InChI is InChI=1S/C20H35BO2Si/c1-19(2)20(3,4)23-21(22-19)15-11-14-18(16-24(5,6)7)17-12-9-8-10-13-17/h11-12,15-16H,8-10,13-14H2,1-7H3/b15-11+,18-16-. The van der Waals surface area contributed by atoms with E-state index in [1.807, 2.05) is 0 Å². The summed E-state index contributed by atoms with van der Waals surface area (Å²) in [6, 6.07) is 0. The molecule has 1 aliphatic carbocycles. The third kappa shape index (κ3) is 5.21. The summed E-state index contributed by atoms with van der Waals surface area (Å²) in [6.07, 6.45) is 10.8. The minimum absolute atomic E-state index is 0.233. The van der Waals surface area contributed by atoms with Crippen LogP contribution in [0, 0.1) is 0 Å². The SMILES string of the molecule is CC1(C)OB(/C=C/C/C(=C/[Si](C)(C)C)C2=CCCCC2)OC1(C)C. The summed E-state index contributed by atoms with van der Waals surface area (Å²) in [5.41, 5.74) is 5.15. The minimum Gasteiger partial charge on any atom is -0.400 e. The van der Waals surface area contributed by atoms with Gasteiger partial charge >= 0.3 is 7.12 Å². The van der Waals surface area contributed by atoms with Crippen molar-refractivity contribution in [2.45, 2.75) is 90.6 Å². The molecule has 0 atom stereocenters. The topological polar surface area (TPSA) is 18.5 Å². The second-order valence-electron chi connectivity index (χ2n) is 9.27. The molecule has 1 fully saturated rings. The van der Waals surface area contributed by atoms with Crippen molar-refractivity contribution in [2.24, 2.45) is 0 Å². The lowest BCUT2D eigenvalue weighted by atomic mass is 9.87. The van der Waals surface area contributed by atoms with E-state index >= 15 is 0 Å². The fourth-order valence-corrected chi connectivity index (χ4v) is 4.56. The van der Waals surface area contributed by atoms with Gasteiger partial charge < -0.3 is 9.31 Å². The molecule has 0 aromatic rings. The zero-order chi connectivity index (χ0) is 18.0. The van der Waals surface area contributed by atoms with Crippen molar-refractivity contribution >= 4 is 15.2 Å². The van der Waals surface area contributed by atoms with Crippen molar-refractivity contribution in [3.05, 3.63) is 35.0 Å². The summed E-state index contributed by atoms with van der Waals surface area (Å²) in [5, 5.41) is 0. The maximum atomic E-state index is 6.06. The molecule has 0 aromatic heterocycles. The molecule has 1 heterocycles. The van der Waals surface area contributed by atoms with Crippen LogP contribution in [0.5, 0.6) is 0 Å². The highest BCUT2D eigenvalue weighted by Gasteiger charge is 2.49. The Morgan fingerprint density at radius 2 is 1.75 bits per heavy atom. The molecule has 0 spiro atoms. The molecule has 0 aromatic carbocycles. The lowest BCUT2D eigenvalue weighted by Gasteiger charge is -2.32. The maximum absolute atomic E-state index is 6.06. The average molecular weight is 346 g/mol. The van der Waals surface area contributed by atoms with Gasteiger partial charge in [0, 0.05) is 0 Å². The van der Waals surface area contributed by atoms with Crippen LogP contribution in [0.4, 0.5) is 0 Å². The number of hydrogen-bond donors (Lipinski definition) is 0. The van der Waals surface area contributed by atoms with Crippen LogP contribution in [-0.2, 0) is 9.31 Å². The first-order valence-electron chi connectivity index (χ1n) is 9.44. The van der Waals surface area contributed by atoms with Crippen LogP contribution >= 0.6 is 0 Å². The van der Waals surface area contributed by atoms with E-state index in [0.29, 0.717) is 0 Å². The smallest absolute Gasteiger partial charge is 0.400 e. The van der Waals surface area contributed by atoms with Gasteiger partial charge in [-0.25, -0.2) is 0 Å². The molecule has 4 heteroatoms. The van der Waals surface area contributed by atoms with Gasteiger partial charge in [0.15, 0.2) is 0 Å². The fourth-order valence-electron chi connectivity index (χ4n) is 3.21. The minimum atomic E-state index is -1.23. The molecule has 134 valence electrons. The van der Waals surface area contributed by atoms with Gasteiger partial charge in [-0.2, -0.15) is 0 Å². The lowest BCUT2D eigenvalue weighted by molar-refractivity contribution is 0.00578. The molecule has 0 bridgehead atoms. The largest absolute Gasteiger partial charge is 0.486 e. The van der Waals surface area contributed by atoms with Crippen molar-refractivity contribution in [3.63, 3.8) is 0 Å². The number of hydrogen-bond acceptors (Lipinski definition) is 2. The van der Waals surface area contributed by atoms with Crippen LogP contribution in [0.15, 0.2) is 35.0 Å². The summed E-state index contributed by atoms with van der Waals surface area (Å²) in [6.45, 7) is 15.6. The van der Waals surface area contributed by atoms with E-state index in [0.717, 1.165) is 6.42 Å². The van der Waals surface area contributed by atoms with Crippen LogP contribution in [0.3, 0.4) is 0 Å². The van der Waals surface area contributed by atoms with E-state index in [1.54, 1.807) is 5.57 Å². The van der Waals surface area contributed by atoms with Gasteiger partial charge in [0.2, 0.25) is 0 Å². The molecular weight excluding hydrogens is 311 g/mol. The molecule has 2 rings (SSSR count). The van der Waals surface area contributed by atoms with Gasteiger partial charge in [-0.1, -0.05) is 43.5 Å². The van der Waals surface area contributed by atoms with Gasteiger partial charge in [-0.15, -0.1) is 0 Å². The summed E-state index contributed by atoms with van der Waals surface area (Å²) >= 11 is 0. The van der Waals surface area contributed by atoms with Gasteiger partial charge in [0.1, 0.15) is 0 Å². The Morgan fingerprint density at radius 1 is 1.12 bits per heavy atom. The zero-order valence-corrected chi connectivity index (χ0v) is 17.7. The summed E-state index contributed by atoms with van der Waals surface area (Å²) in [5.74, 6) is 2.10. The Bertz CT molecular complexity index is 522. The second-order valence-corrected chi connectivity index (χ2v) is 14.3. The highest BCUT2D eigenvalue weighted by Crippen LogP contribution is 2.37. The Morgan fingerprint density at radius 3 is 2.25 bits per heavy atom. The normalized spacial score (nSPS) is 24.5.